The average molecular weight is 441 g/mol. The maximum atomic E-state index is 14.9. The molecule has 1 unspecified atom stereocenters. The molecule has 0 spiro atoms. The molecule has 2 aromatic carbocycles. The van der Waals surface area contributed by atoms with Gasteiger partial charge in [-0.1, -0.05) is 25.8 Å². The number of nitrogens with zero attached hydrogens (tertiary/aromatic N) is 1. The van der Waals surface area contributed by atoms with Gasteiger partial charge in [0.1, 0.15) is 34.8 Å². The number of rotatable bonds is 4. The van der Waals surface area contributed by atoms with Gasteiger partial charge in [0, 0.05) is 12.1 Å². The molecule has 2 aromatic rings. The largest absolute Gasteiger partial charge is 0.423 e. The van der Waals surface area contributed by atoms with E-state index in [0.29, 0.717) is 11.5 Å². The molecule has 0 bridgehead atoms. The van der Waals surface area contributed by atoms with Crippen LogP contribution in [0, 0.1) is 46.5 Å². The minimum atomic E-state index is -1.12. The molecule has 32 heavy (non-hydrogen) atoms. The standard InChI is InChI=1S/C26H26F3NO2/c1-2-15-3-4-17-10-18(6-5-16(17)9-15)21-8-7-19(11-23(21)27)26(31)32-20-12-24(28)22(14-30)25(29)13-20/h7-8,11-13,15-18H,2-6,9-10H2,1H3/t15-,16-,17+,18?/m0/s1. The zero-order chi connectivity index (χ0) is 22.8. The predicted octanol–water partition coefficient (Wildman–Crippen LogP) is 6.90. The van der Waals surface area contributed by atoms with Crippen LogP contribution < -0.4 is 4.74 Å². The third kappa shape index (κ3) is 4.53. The van der Waals surface area contributed by atoms with Crippen molar-refractivity contribution in [3.63, 3.8) is 0 Å². The van der Waals surface area contributed by atoms with Crippen LogP contribution in [0.4, 0.5) is 13.2 Å². The summed E-state index contributed by atoms with van der Waals surface area (Å²) < 4.78 is 47.4. The lowest BCUT2D eigenvalue weighted by molar-refractivity contribution is 0.0733. The van der Waals surface area contributed by atoms with Gasteiger partial charge in [-0.15, -0.1) is 0 Å². The van der Waals surface area contributed by atoms with Crippen LogP contribution in [-0.2, 0) is 0 Å². The fraction of sp³-hybridized carbons (Fsp3) is 0.462. The number of halogens is 3. The van der Waals surface area contributed by atoms with Gasteiger partial charge in [0.25, 0.3) is 0 Å². The molecule has 0 heterocycles. The van der Waals surface area contributed by atoms with Crippen molar-refractivity contribution in [1.29, 1.82) is 5.26 Å². The smallest absolute Gasteiger partial charge is 0.343 e. The first-order valence-corrected chi connectivity index (χ1v) is 11.3. The highest BCUT2D eigenvalue weighted by atomic mass is 19.1. The Balaban J connectivity index is 1.45. The number of fused-ring (bicyclic) bond motifs is 1. The van der Waals surface area contributed by atoms with Crippen molar-refractivity contribution in [3.05, 3.63) is 64.5 Å². The second kappa shape index (κ2) is 9.36. The number of carbonyl (C=O) groups excluding carboxylic acids is 1. The summed E-state index contributed by atoms with van der Waals surface area (Å²) in [5.74, 6) is -1.65. The Morgan fingerprint density at radius 3 is 2.34 bits per heavy atom. The molecule has 4 rings (SSSR count). The molecular formula is C26H26F3NO2. The lowest BCUT2D eigenvalue weighted by Gasteiger charge is -2.42. The Kier molecular flexibility index (Phi) is 6.55. The van der Waals surface area contributed by atoms with Crippen LogP contribution in [0.25, 0.3) is 0 Å². The minimum absolute atomic E-state index is 0.0337. The van der Waals surface area contributed by atoms with Crippen LogP contribution in [-0.4, -0.2) is 5.97 Å². The van der Waals surface area contributed by atoms with Crippen molar-refractivity contribution in [1.82, 2.24) is 0 Å². The molecule has 0 radical (unpaired) electrons. The molecule has 0 aliphatic heterocycles. The van der Waals surface area contributed by atoms with E-state index in [1.165, 1.54) is 37.8 Å². The van der Waals surface area contributed by atoms with Crippen molar-refractivity contribution in [2.24, 2.45) is 17.8 Å². The topological polar surface area (TPSA) is 50.1 Å². The molecule has 168 valence electrons. The molecule has 0 N–H and O–H groups in total. The lowest BCUT2D eigenvalue weighted by Crippen LogP contribution is -2.30. The first kappa shape index (κ1) is 22.4. The molecule has 2 aliphatic carbocycles. The Bertz CT molecular complexity index is 1040. The zero-order valence-electron chi connectivity index (χ0n) is 18.0. The summed E-state index contributed by atoms with van der Waals surface area (Å²) in [6, 6.07) is 7.19. The maximum absolute atomic E-state index is 14.9. The highest BCUT2D eigenvalue weighted by molar-refractivity contribution is 5.91. The number of ether oxygens (including phenoxy) is 1. The molecule has 0 amide bonds. The maximum Gasteiger partial charge on any atom is 0.343 e. The van der Waals surface area contributed by atoms with Crippen molar-refractivity contribution in [2.75, 3.05) is 0 Å². The summed E-state index contributed by atoms with van der Waals surface area (Å²) in [6.45, 7) is 2.26. The molecule has 2 saturated carbocycles. The van der Waals surface area contributed by atoms with E-state index in [9.17, 15) is 18.0 Å². The normalized spacial score (nSPS) is 25.0. The quantitative estimate of drug-likeness (QED) is 0.383. The van der Waals surface area contributed by atoms with E-state index in [0.717, 1.165) is 49.3 Å². The van der Waals surface area contributed by atoms with Crippen molar-refractivity contribution in [3.8, 4) is 11.8 Å². The predicted molar refractivity (Wildman–Crippen MR) is 114 cm³/mol. The number of hydrogen-bond acceptors (Lipinski definition) is 3. The van der Waals surface area contributed by atoms with Gasteiger partial charge in [0.15, 0.2) is 0 Å². The Morgan fingerprint density at radius 1 is 1.00 bits per heavy atom. The number of hydrogen-bond donors (Lipinski definition) is 0. The van der Waals surface area contributed by atoms with Gasteiger partial charge in [-0.25, -0.2) is 18.0 Å². The monoisotopic (exact) mass is 441 g/mol. The van der Waals surface area contributed by atoms with Crippen LogP contribution in [0.2, 0.25) is 0 Å². The van der Waals surface area contributed by atoms with E-state index in [4.69, 9.17) is 10.00 Å². The van der Waals surface area contributed by atoms with Gasteiger partial charge in [-0.05, 0) is 73.5 Å². The molecule has 3 nitrogen and oxygen atoms in total. The second-order valence-electron chi connectivity index (χ2n) is 9.12. The molecule has 2 fully saturated rings. The molecule has 4 atom stereocenters. The molecule has 0 aromatic heterocycles. The summed E-state index contributed by atoms with van der Waals surface area (Å²) in [5.41, 5.74) is -0.167. The van der Waals surface area contributed by atoms with Crippen LogP contribution in [0.5, 0.6) is 5.75 Å². The van der Waals surface area contributed by atoms with E-state index < -0.39 is 29.0 Å². The summed E-state index contributed by atoms with van der Waals surface area (Å²) >= 11 is 0. The van der Waals surface area contributed by atoms with E-state index in [2.05, 4.69) is 6.92 Å². The van der Waals surface area contributed by atoms with Crippen LogP contribution >= 0.6 is 0 Å². The van der Waals surface area contributed by atoms with Gasteiger partial charge in [-0.2, -0.15) is 5.26 Å². The summed E-state index contributed by atoms with van der Waals surface area (Å²) in [7, 11) is 0. The number of carbonyl (C=O) groups is 1. The molecule has 0 saturated heterocycles. The first-order valence-electron chi connectivity index (χ1n) is 11.3. The van der Waals surface area contributed by atoms with E-state index in [-0.39, 0.29) is 17.2 Å². The molecular weight excluding hydrogens is 415 g/mol. The number of benzene rings is 2. The second-order valence-corrected chi connectivity index (χ2v) is 9.12. The van der Waals surface area contributed by atoms with Gasteiger partial charge in [0.05, 0.1) is 5.56 Å². The Labute approximate surface area is 186 Å². The molecule has 6 heteroatoms. The Hall–Kier alpha value is -2.81. The lowest BCUT2D eigenvalue weighted by atomic mass is 9.63. The van der Waals surface area contributed by atoms with Crippen molar-refractivity contribution < 1.29 is 22.7 Å². The Morgan fingerprint density at radius 2 is 1.69 bits per heavy atom. The fourth-order valence-electron chi connectivity index (χ4n) is 5.51. The van der Waals surface area contributed by atoms with Crippen molar-refractivity contribution in [2.45, 2.75) is 57.8 Å². The van der Waals surface area contributed by atoms with Crippen molar-refractivity contribution >= 4 is 5.97 Å². The van der Waals surface area contributed by atoms with Gasteiger partial charge in [-0.3, -0.25) is 0 Å². The van der Waals surface area contributed by atoms with E-state index in [1.54, 1.807) is 6.07 Å². The SMILES string of the molecule is CC[C@H]1CC[C@@H]2CC(c3ccc(C(=O)Oc4cc(F)c(C#N)c(F)c4)cc3F)CC[C@H]2C1. The highest BCUT2D eigenvalue weighted by Gasteiger charge is 2.36. The first-order chi connectivity index (χ1) is 15.4. The van der Waals surface area contributed by atoms with E-state index in [1.807, 2.05) is 0 Å². The third-order valence-corrected chi connectivity index (χ3v) is 7.31. The van der Waals surface area contributed by atoms with Crippen LogP contribution in [0.15, 0.2) is 30.3 Å². The summed E-state index contributed by atoms with van der Waals surface area (Å²) in [5, 5.41) is 8.72. The number of nitriles is 1. The number of esters is 1. The van der Waals surface area contributed by atoms with Crippen LogP contribution in [0.1, 0.15) is 79.3 Å². The third-order valence-electron chi connectivity index (χ3n) is 7.31. The van der Waals surface area contributed by atoms with Crippen LogP contribution in [0.3, 0.4) is 0 Å². The fourth-order valence-corrected chi connectivity index (χ4v) is 5.51. The average Bonchev–Trinajstić information content (AvgIpc) is 2.78. The highest BCUT2D eigenvalue weighted by Crippen LogP contribution is 2.48. The van der Waals surface area contributed by atoms with Gasteiger partial charge < -0.3 is 4.74 Å². The zero-order valence-corrected chi connectivity index (χ0v) is 18.0. The van der Waals surface area contributed by atoms with E-state index >= 15 is 0 Å². The summed E-state index contributed by atoms with van der Waals surface area (Å²) in [4.78, 5) is 12.4. The summed E-state index contributed by atoms with van der Waals surface area (Å²) in [6.07, 6.45) is 8.04. The van der Waals surface area contributed by atoms with Gasteiger partial charge in [0.2, 0.25) is 0 Å². The minimum Gasteiger partial charge on any atom is -0.423 e. The molecule has 2 aliphatic rings. The van der Waals surface area contributed by atoms with Gasteiger partial charge >= 0.3 is 5.97 Å².